The molecule has 1 atom stereocenters. The van der Waals surface area contributed by atoms with Crippen LogP contribution in [0.1, 0.15) is 19.1 Å². The number of rotatable bonds is 6. The lowest BCUT2D eigenvalue weighted by atomic mass is 10.2. The van der Waals surface area contributed by atoms with Crippen LogP contribution in [0.25, 0.3) is 0 Å². The monoisotopic (exact) mass is 296 g/mol. The fourth-order valence-electron chi connectivity index (χ4n) is 1.81. The van der Waals surface area contributed by atoms with Crippen LogP contribution in [-0.2, 0) is 16.4 Å². The number of aromatic amines is 1. The van der Waals surface area contributed by atoms with Crippen LogP contribution >= 0.6 is 0 Å². The number of furan rings is 1. The Hall–Kier alpha value is -1.86. The van der Waals surface area contributed by atoms with Crippen molar-refractivity contribution in [3.8, 4) is 0 Å². The summed E-state index contributed by atoms with van der Waals surface area (Å²) in [6.45, 7) is 1.75. The maximum absolute atomic E-state index is 12.1. The zero-order chi connectivity index (χ0) is 14.6. The molecule has 2 heterocycles. The van der Waals surface area contributed by atoms with Crippen LogP contribution in [0.15, 0.2) is 51.0 Å². The molecule has 2 aromatic heterocycles. The van der Waals surface area contributed by atoms with Gasteiger partial charge in [-0.1, -0.05) is 0 Å². The SMILES string of the molecule is CC(CCc1ccco1)NS(=O)(=O)c1c[nH]ccc1=O. The van der Waals surface area contributed by atoms with Gasteiger partial charge in [0, 0.05) is 30.9 Å². The molecule has 0 aliphatic carbocycles. The second-order valence-corrected chi connectivity index (χ2v) is 6.20. The Kier molecular flexibility index (Phi) is 4.41. The summed E-state index contributed by atoms with van der Waals surface area (Å²) in [6, 6.07) is 4.50. The van der Waals surface area contributed by atoms with E-state index in [0.29, 0.717) is 12.8 Å². The molecule has 0 saturated heterocycles. The first kappa shape index (κ1) is 14.5. The Morgan fingerprint density at radius 3 is 2.85 bits per heavy atom. The highest BCUT2D eigenvalue weighted by Crippen LogP contribution is 2.08. The van der Waals surface area contributed by atoms with Crippen molar-refractivity contribution in [2.24, 2.45) is 0 Å². The standard InChI is InChI=1S/C13H16N2O4S/c1-10(4-5-11-3-2-8-19-11)15-20(17,18)13-9-14-7-6-12(13)16/h2-3,6-10,15H,4-5H2,1H3,(H,14,16). The molecular formula is C13H16N2O4S. The van der Waals surface area contributed by atoms with E-state index in [1.54, 1.807) is 19.3 Å². The van der Waals surface area contributed by atoms with E-state index < -0.39 is 15.5 Å². The number of nitrogens with one attached hydrogen (secondary N) is 2. The van der Waals surface area contributed by atoms with E-state index in [4.69, 9.17) is 4.42 Å². The van der Waals surface area contributed by atoms with Gasteiger partial charge in [0.1, 0.15) is 10.7 Å². The normalized spacial score (nSPS) is 13.2. The molecule has 0 radical (unpaired) electrons. The second kappa shape index (κ2) is 6.06. The molecule has 0 fully saturated rings. The number of pyridine rings is 1. The van der Waals surface area contributed by atoms with Gasteiger partial charge in [-0.25, -0.2) is 13.1 Å². The first-order chi connectivity index (χ1) is 9.49. The molecule has 0 aliphatic heterocycles. The third-order valence-corrected chi connectivity index (χ3v) is 4.45. The Labute approximate surface area is 116 Å². The van der Waals surface area contributed by atoms with Crippen molar-refractivity contribution in [3.63, 3.8) is 0 Å². The van der Waals surface area contributed by atoms with E-state index in [-0.39, 0.29) is 10.9 Å². The fourth-order valence-corrected chi connectivity index (χ4v) is 3.14. The smallest absolute Gasteiger partial charge is 0.246 e. The predicted molar refractivity (Wildman–Crippen MR) is 73.9 cm³/mol. The number of hydrogen-bond donors (Lipinski definition) is 2. The summed E-state index contributed by atoms with van der Waals surface area (Å²) >= 11 is 0. The largest absolute Gasteiger partial charge is 0.469 e. The fraction of sp³-hybridized carbons (Fsp3) is 0.308. The van der Waals surface area contributed by atoms with E-state index >= 15 is 0 Å². The maximum Gasteiger partial charge on any atom is 0.246 e. The molecule has 108 valence electrons. The van der Waals surface area contributed by atoms with Gasteiger partial charge in [-0.05, 0) is 25.5 Å². The van der Waals surface area contributed by atoms with E-state index in [1.807, 2.05) is 6.07 Å². The molecule has 20 heavy (non-hydrogen) atoms. The van der Waals surface area contributed by atoms with Gasteiger partial charge in [-0.3, -0.25) is 4.79 Å². The molecule has 0 aromatic carbocycles. The highest BCUT2D eigenvalue weighted by atomic mass is 32.2. The lowest BCUT2D eigenvalue weighted by Gasteiger charge is -2.13. The van der Waals surface area contributed by atoms with Crippen molar-refractivity contribution in [3.05, 3.63) is 52.8 Å². The lowest BCUT2D eigenvalue weighted by molar-refractivity contribution is 0.480. The first-order valence-electron chi connectivity index (χ1n) is 6.21. The average molecular weight is 296 g/mol. The Balaban J connectivity index is 2.01. The van der Waals surface area contributed by atoms with E-state index in [1.165, 1.54) is 18.5 Å². The molecule has 7 heteroatoms. The van der Waals surface area contributed by atoms with Crippen molar-refractivity contribution in [2.75, 3.05) is 0 Å². The first-order valence-corrected chi connectivity index (χ1v) is 7.69. The van der Waals surface area contributed by atoms with Crippen LogP contribution in [0.2, 0.25) is 0 Å². The summed E-state index contributed by atoms with van der Waals surface area (Å²) in [5.74, 6) is 0.800. The molecule has 2 aromatic rings. The summed E-state index contributed by atoms with van der Waals surface area (Å²) in [5, 5.41) is 0. The molecule has 1 unspecified atom stereocenters. The third-order valence-electron chi connectivity index (χ3n) is 2.84. The van der Waals surface area contributed by atoms with Gasteiger partial charge in [-0.2, -0.15) is 0 Å². The lowest BCUT2D eigenvalue weighted by Crippen LogP contribution is -2.35. The third kappa shape index (κ3) is 3.58. The molecular weight excluding hydrogens is 280 g/mol. The van der Waals surface area contributed by atoms with Gasteiger partial charge in [0.05, 0.1) is 6.26 Å². The Morgan fingerprint density at radius 1 is 1.40 bits per heavy atom. The van der Waals surface area contributed by atoms with Crippen LogP contribution in [0.5, 0.6) is 0 Å². The minimum Gasteiger partial charge on any atom is -0.469 e. The minimum atomic E-state index is -3.81. The second-order valence-electron chi connectivity index (χ2n) is 4.51. The quantitative estimate of drug-likeness (QED) is 0.839. The Morgan fingerprint density at radius 2 is 2.20 bits per heavy atom. The summed E-state index contributed by atoms with van der Waals surface area (Å²) in [6.07, 6.45) is 5.36. The minimum absolute atomic E-state index is 0.273. The van der Waals surface area contributed by atoms with Gasteiger partial charge in [0.25, 0.3) is 0 Å². The highest BCUT2D eigenvalue weighted by Gasteiger charge is 2.20. The van der Waals surface area contributed by atoms with Gasteiger partial charge in [0.2, 0.25) is 15.5 Å². The van der Waals surface area contributed by atoms with Gasteiger partial charge in [-0.15, -0.1) is 0 Å². The summed E-state index contributed by atoms with van der Waals surface area (Å²) in [7, 11) is -3.81. The molecule has 0 amide bonds. The molecule has 0 saturated carbocycles. The van der Waals surface area contributed by atoms with Gasteiger partial charge < -0.3 is 9.40 Å². The summed E-state index contributed by atoms with van der Waals surface area (Å²) in [5.41, 5.74) is -0.533. The number of aromatic nitrogens is 1. The molecule has 0 bridgehead atoms. The molecule has 2 N–H and O–H groups in total. The van der Waals surface area contributed by atoms with Crippen LogP contribution in [0, 0.1) is 0 Å². The topological polar surface area (TPSA) is 92.2 Å². The van der Waals surface area contributed by atoms with E-state index in [9.17, 15) is 13.2 Å². The zero-order valence-electron chi connectivity index (χ0n) is 11.0. The van der Waals surface area contributed by atoms with E-state index in [0.717, 1.165) is 5.76 Å². The number of H-pyrrole nitrogens is 1. The molecule has 6 nitrogen and oxygen atoms in total. The zero-order valence-corrected chi connectivity index (χ0v) is 11.8. The van der Waals surface area contributed by atoms with Gasteiger partial charge in [0.15, 0.2) is 0 Å². The van der Waals surface area contributed by atoms with Crippen LogP contribution in [-0.4, -0.2) is 19.4 Å². The summed E-state index contributed by atoms with van der Waals surface area (Å²) in [4.78, 5) is 13.9. The summed E-state index contributed by atoms with van der Waals surface area (Å²) < 4.78 is 31.8. The van der Waals surface area contributed by atoms with Crippen LogP contribution in [0.4, 0.5) is 0 Å². The van der Waals surface area contributed by atoms with Crippen LogP contribution < -0.4 is 10.2 Å². The Bertz CT molecular complexity index is 704. The number of aryl methyl sites for hydroxylation is 1. The average Bonchev–Trinajstić information content (AvgIpc) is 2.89. The maximum atomic E-state index is 12.1. The highest BCUT2D eigenvalue weighted by molar-refractivity contribution is 7.89. The van der Waals surface area contributed by atoms with Crippen molar-refractivity contribution in [1.82, 2.24) is 9.71 Å². The number of sulfonamides is 1. The number of hydrogen-bond acceptors (Lipinski definition) is 4. The molecule has 0 spiro atoms. The molecule has 0 aliphatic rings. The van der Waals surface area contributed by atoms with Crippen molar-refractivity contribution in [2.45, 2.75) is 30.7 Å². The van der Waals surface area contributed by atoms with Crippen molar-refractivity contribution < 1.29 is 12.8 Å². The predicted octanol–water partition coefficient (Wildman–Crippen LogP) is 1.27. The van der Waals surface area contributed by atoms with Crippen molar-refractivity contribution in [1.29, 1.82) is 0 Å². The van der Waals surface area contributed by atoms with Crippen molar-refractivity contribution >= 4 is 10.0 Å². The van der Waals surface area contributed by atoms with Crippen LogP contribution in [0.3, 0.4) is 0 Å². The van der Waals surface area contributed by atoms with Gasteiger partial charge >= 0.3 is 0 Å². The molecule has 2 rings (SSSR count). The van der Waals surface area contributed by atoms with E-state index in [2.05, 4.69) is 9.71 Å².